The third-order valence-electron chi connectivity index (χ3n) is 5.26. The molecule has 0 saturated carbocycles. The van der Waals surface area contributed by atoms with E-state index in [2.05, 4.69) is 5.32 Å². The van der Waals surface area contributed by atoms with Gasteiger partial charge in [-0.25, -0.2) is 0 Å². The summed E-state index contributed by atoms with van der Waals surface area (Å²) in [5.74, 6) is -0.400. The first-order valence-corrected chi connectivity index (χ1v) is 9.66. The number of carbonyl (C=O) groups excluding carboxylic acids is 3. The average Bonchev–Trinajstić information content (AvgIpc) is 2.65. The van der Waals surface area contributed by atoms with Gasteiger partial charge in [-0.1, -0.05) is 23.8 Å². The smallest absolute Gasteiger partial charge is 0.255 e. The highest BCUT2D eigenvalue weighted by Gasteiger charge is 2.36. The van der Waals surface area contributed by atoms with Crippen molar-refractivity contribution in [2.24, 2.45) is 0 Å². The zero-order chi connectivity index (χ0) is 21.3. The number of nitrogens with one attached hydrogen (secondary N) is 1. The van der Waals surface area contributed by atoms with Gasteiger partial charge in [-0.3, -0.25) is 14.4 Å². The second-order valence-corrected chi connectivity index (χ2v) is 7.87. The zero-order valence-corrected chi connectivity index (χ0v) is 17.6. The van der Waals surface area contributed by atoms with Crippen molar-refractivity contribution in [2.75, 3.05) is 19.4 Å². The SMILES string of the molecule is CC(=O)Nc1ccc2c(c1)CN(C(=O)c1ccc(C)cc1C)[C@H](C(=O)N(C)C)C2. The van der Waals surface area contributed by atoms with Crippen LogP contribution in [0.2, 0.25) is 0 Å². The number of anilines is 1. The number of fused-ring (bicyclic) bond motifs is 1. The van der Waals surface area contributed by atoms with E-state index in [9.17, 15) is 14.4 Å². The van der Waals surface area contributed by atoms with Crippen LogP contribution >= 0.6 is 0 Å². The minimum Gasteiger partial charge on any atom is -0.347 e. The Morgan fingerprint density at radius 1 is 1.03 bits per heavy atom. The van der Waals surface area contributed by atoms with Crippen LogP contribution in [0.25, 0.3) is 0 Å². The number of nitrogens with zero attached hydrogens (tertiary/aromatic N) is 2. The molecule has 3 amide bonds. The first kappa shape index (κ1) is 20.6. The van der Waals surface area contributed by atoms with Crippen LogP contribution in [0.4, 0.5) is 5.69 Å². The Labute approximate surface area is 171 Å². The third kappa shape index (κ3) is 4.31. The van der Waals surface area contributed by atoms with Gasteiger partial charge in [0.25, 0.3) is 5.91 Å². The Kier molecular flexibility index (Phi) is 5.73. The fourth-order valence-corrected chi connectivity index (χ4v) is 3.81. The second kappa shape index (κ2) is 8.07. The van der Waals surface area contributed by atoms with Crippen LogP contribution in [-0.2, 0) is 22.6 Å². The highest BCUT2D eigenvalue weighted by molar-refractivity contribution is 5.99. The predicted octanol–water partition coefficient (Wildman–Crippen LogP) is 2.92. The molecule has 6 nitrogen and oxygen atoms in total. The van der Waals surface area contributed by atoms with Gasteiger partial charge in [0.05, 0.1) is 0 Å². The molecule has 1 N–H and O–H groups in total. The van der Waals surface area contributed by atoms with Gasteiger partial charge in [0.1, 0.15) is 6.04 Å². The molecule has 1 aliphatic heterocycles. The van der Waals surface area contributed by atoms with Crippen LogP contribution in [0.1, 0.15) is 39.5 Å². The number of benzene rings is 2. The molecule has 0 radical (unpaired) electrons. The van der Waals surface area contributed by atoms with Gasteiger partial charge in [0.15, 0.2) is 0 Å². The maximum Gasteiger partial charge on any atom is 0.255 e. The van der Waals surface area contributed by atoms with Gasteiger partial charge in [0.2, 0.25) is 11.8 Å². The maximum absolute atomic E-state index is 13.4. The van der Waals surface area contributed by atoms with Crippen molar-refractivity contribution in [2.45, 2.75) is 39.8 Å². The normalized spacial score (nSPS) is 15.5. The minimum absolute atomic E-state index is 0.0975. The molecule has 29 heavy (non-hydrogen) atoms. The molecule has 0 spiro atoms. The Bertz CT molecular complexity index is 981. The monoisotopic (exact) mass is 393 g/mol. The lowest BCUT2D eigenvalue weighted by molar-refractivity contribution is -0.134. The summed E-state index contributed by atoms with van der Waals surface area (Å²) in [5.41, 5.74) is 5.23. The van der Waals surface area contributed by atoms with E-state index in [1.54, 1.807) is 19.0 Å². The van der Waals surface area contributed by atoms with Crippen molar-refractivity contribution in [1.82, 2.24) is 9.80 Å². The summed E-state index contributed by atoms with van der Waals surface area (Å²) >= 11 is 0. The molecular formula is C23H27N3O3. The molecule has 0 fully saturated rings. The van der Waals surface area contributed by atoms with Crippen LogP contribution in [-0.4, -0.2) is 47.7 Å². The van der Waals surface area contributed by atoms with Crippen molar-refractivity contribution in [1.29, 1.82) is 0 Å². The molecule has 1 aliphatic rings. The summed E-state index contributed by atoms with van der Waals surface area (Å²) in [4.78, 5) is 40.9. The summed E-state index contributed by atoms with van der Waals surface area (Å²) in [7, 11) is 3.41. The molecule has 3 rings (SSSR count). The number of aryl methyl sites for hydroxylation is 2. The zero-order valence-electron chi connectivity index (χ0n) is 17.6. The Morgan fingerprint density at radius 2 is 1.76 bits per heavy atom. The van der Waals surface area contributed by atoms with Crippen LogP contribution in [0.3, 0.4) is 0 Å². The molecule has 6 heteroatoms. The van der Waals surface area contributed by atoms with Gasteiger partial charge >= 0.3 is 0 Å². The minimum atomic E-state index is -0.558. The van der Waals surface area contributed by atoms with Crippen LogP contribution < -0.4 is 5.32 Å². The molecule has 0 aliphatic carbocycles. The Balaban J connectivity index is 2.01. The average molecular weight is 393 g/mol. The van der Waals surface area contributed by atoms with Crippen molar-refractivity contribution < 1.29 is 14.4 Å². The highest BCUT2D eigenvalue weighted by atomic mass is 16.2. The predicted molar refractivity (Wildman–Crippen MR) is 113 cm³/mol. The summed E-state index contributed by atoms with van der Waals surface area (Å²) < 4.78 is 0. The van der Waals surface area contributed by atoms with Crippen LogP contribution in [0.5, 0.6) is 0 Å². The van der Waals surface area contributed by atoms with E-state index in [1.807, 2.05) is 50.2 Å². The van der Waals surface area contributed by atoms with Gasteiger partial charge in [0, 0.05) is 45.2 Å². The van der Waals surface area contributed by atoms with Crippen molar-refractivity contribution in [3.63, 3.8) is 0 Å². The number of hydrogen-bond donors (Lipinski definition) is 1. The highest BCUT2D eigenvalue weighted by Crippen LogP contribution is 2.29. The van der Waals surface area contributed by atoms with E-state index in [4.69, 9.17) is 0 Å². The van der Waals surface area contributed by atoms with Gasteiger partial charge < -0.3 is 15.1 Å². The lowest BCUT2D eigenvalue weighted by Gasteiger charge is -2.37. The van der Waals surface area contributed by atoms with E-state index in [0.29, 0.717) is 24.2 Å². The molecule has 0 aromatic heterocycles. The van der Waals surface area contributed by atoms with Crippen molar-refractivity contribution in [3.05, 3.63) is 64.2 Å². The van der Waals surface area contributed by atoms with Gasteiger partial charge in [-0.05, 0) is 48.7 Å². The first-order chi connectivity index (χ1) is 13.7. The number of likely N-dealkylation sites (N-methyl/N-ethyl adjacent to an activating group) is 1. The standard InChI is InChI=1S/C23H27N3O3/c1-14-6-9-20(15(2)10-14)22(28)26-13-18-11-19(24-16(3)27)8-7-17(18)12-21(26)23(29)25(4)5/h6-11,21H,12-13H2,1-5H3,(H,24,27)/t21-/m0/s1. The van der Waals surface area contributed by atoms with E-state index in [0.717, 1.165) is 22.3 Å². The third-order valence-corrected chi connectivity index (χ3v) is 5.26. The number of rotatable bonds is 3. The second-order valence-electron chi connectivity index (χ2n) is 7.87. The maximum atomic E-state index is 13.4. The largest absolute Gasteiger partial charge is 0.347 e. The molecule has 1 heterocycles. The molecular weight excluding hydrogens is 366 g/mol. The Hall–Kier alpha value is -3.15. The Morgan fingerprint density at radius 3 is 2.38 bits per heavy atom. The van der Waals surface area contributed by atoms with E-state index >= 15 is 0 Å². The van der Waals surface area contributed by atoms with Crippen molar-refractivity contribution >= 4 is 23.4 Å². The van der Waals surface area contributed by atoms with Gasteiger partial charge in [-0.15, -0.1) is 0 Å². The first-order valence-electron chi connectivity index (χ1n) is 9.66. The van der Waals surface area contributed by atoms with Gasteiger partial charge in [-0.2, -0.15) is 0 Å². The van der Waals surface area contributed by atoms with Crippen LogP contribution in [0.15, 0.2) is 36.4 Å². The fraction of sp³-hybridized carbons (Fsp3) is 0.348. The van der Waals surface area contributed by atoms with Crippen LogP contribution in [0, 0.1) is 13.8 Å². The van der Waals surface area contributed by atoms with Crippen molar-refractivity contribution in [3.8, 4) is 0 Å². The molecule has 1 atom stereocenters. The lowest BCUT2D eigenvalue weighted by atomic mass is 9.91. The summed E-state index contributed by atoms with van der Waals surface area (Å²) in [6.07, 6.45) is 0.448. The van der Waals surface area contributed by atoms with E-state index < -0.39 is 6.04 Å². The molecule has 0 unspecified atom stereocenters. The number of carbonyl (C=O) groups is 3. The molecule has 2 aromatic rings. The molecule has 0 bridgehead atoms. The number of amides is 3. The quantitative estimate of drug-likeness (QED) is 0.872. The number of hydrogen-bond acceptors (Lipinski definition) is 3. The summed E-state index contributed by atoms with van der Waals surface area (Å²) in [6.45, 7) is 5.68. The molecule has 0 saturated heterocycles. The topological polar surface area (TPSA) is 69.7 Å². The van der Waals surface area contributed by atoms with E-state index in [-0.39, 0.29) is 17.7 Å². The molecule has 152 valence electrons. The fourth-order valence-electron chi connectivity index (χ4n) is 3.81. The van der Waals surface area contributed by atoms with E-state index in [1.165, 1.54) is 11.8 Å². The summed E-state index contributed by atoms with van der Waals surface area (Å²) in [6, 6.07) is 10.8. The molecule has 2 aromatic carbocycles. The summed E-state index contributed by atoms with van der Waals surface area (Å²) in [5, 5.41) is 2.78. The lowest BCUT2D eigenvalue weighted by Crippen LogP contribution is -2.52.